The maximum atomic E-state index is 10.9. The molecule has 20 heavy (non-hydrogen) atoms. The molecule has 0 amide bonds. The van der Waals surface area contributed by atoms with Gasteiger partial charge in [0.25, 0.3) is 0 Å². The summed E-state index contributed by atoms with van der Waals surface area (Å²) in [5, 5.41) is 8.92. The van der Waals surface area contributed by atoms with Crippen LogP contribution in [0.25, 0.3) is 0 Å². The summed E-state index contributed by atoms with van der Waals surface area (Å²) in [6.07, 6.45) is 11.4. The molecule has 4 nitrogen and oxygen atoms in total. The highest BCUT2D eigenvalue weighted by atomic mass is 16.4. The molecule has 4 heteroatoms. The van der Waals surface area contributed by atoms with Crippen molar-refractivity contribution >= 4 is 5.97 Å². The van der Waals surface area contributed by atoms with Crippen molar-refractivity contribution in [2.45, 2.75) is 50.4 Å². The van der Waals surface area contributed by atoms with Crippen LogP contribution < -0.4 is 0 Å². The summed E-state index contributed by atoms with van der Waals surface area (Å²) in [6.45, 7) is 0. The lowest BCUT2D eigenvalue weighted by atomic mass is 9.49. The van der Waals surface area contributed by atoms with E-state index in [0.717, 1.165) is 23.4 Å². The highest BCUT2D eigenvalue weighted by molar-refractivity contribution is 5.69. The minimum absolute atomic E-state index is 0.0206. The van der Waals surface area contributed by atoms with E-state index >= 15 is 0 Å². The lowest BCUT2D eigenvalue weighted by Gasteiger charge is -2.56. The molecular weight excluding hydrogens is 252 g/mol. The third-order valence-corrected chi connectivity index (χ3v) is 5.60. The molecule has 0 aliphatic heterocycles. The van der Waals surface area contributed by atoms with Crippen molar-refractivity contribution in [2.24, 2.45) is 17.8 Å². The predicted octanol–water partition coefficient (Wildman–Crippen LogP) is 2.57. The van der Waals surface area contributed by atoms with E-state index in [0.29, 0.717) is 5.69 Å². The van der Waals surface area contributed by atoms with Gasteiger partial charge in [-0.25, -0.2) is 0 Å². The quantitative estimate of drug-likeness (QED) is 0.918. The Morgan fingerprint density at radius 3 is 2.30 bits per heavy atom. The van der Waals surface area contributed by atoms with E-state index in [1.54, 1.807) is 6.20 Å². The number of aliphatic carboxylic acids is 1. The first kappa shape index (κ1) is 12.3. The molecule has 0 radical (unpaired) electrons. The molecule has 5 rings (SSSR count). The Morgan fingerprint density at radius 2 is 1.75 bits per heavy atom. The average Bonchev–Trinajstić information content (AvgIpc) is 2.36. The number of carboxylic acids is 1. The van der Waals surface area contributed by atoms with Gasteiger partial charge >= 0.3 is 5.97 Å². The number of rotatable bonds is 3. The molecule has 0 saturated heterocycles. The van der Waals surface area contributed by atoms with Crippen molar-refractivity contribution in [2.75, 3.05) is 0 Å². The number of nitrogens with zero attached hydrogens (tertiary/aromatic N) is 2. The second kappa shape index (κ2) is 4.27. The molecule has 1 aromatic heterocycles. The summed E-state index contributed by atoms with van der Waals surface area (Å²) in [6, 6.07) is 0. The molecule has 0 aromatic carbocycles. The molecule has 1 N–H and O–H groups in total. The van der Waals surface area contributed by atoms with Crippen molar-refractivity contribution in [3.05, 3.63) is 23.8 Å². The van der Waals surface area contributed by atoms with E-state index in [4.69, 9.17) is 5.11 Å². The second-order valence-corrected chi connectivity index (χ2v) is 7.16. The van der Waals surface area contributed by atoms with Crippen LogP contribution in [0, 0.1) is 17.8 Å². The number of aromatic nitrogens is 2. The minimum Gasteiger partial charge on any atom is -0.481 e. The molecular formula is C16H20N2O2. The number of carboxylic acid groups (broad SMARTS) is 1. The molecule has 4 fully saturated rings. The highest BCUT2D eigenvalue weighted by Crippen LogP contribution is 2.60. The van der Waals surface area contributed by atoms with Crippen LogP contribution in [0.3, 0.4) is 0 Å². The van der Waals surface area contributed by atoms with Gasteiger partial charge in [0.15, 0.2) is 0 Å². The van der Waals surface area contributed by atoms with Crippen LogP contribution >= 0.6 is 0 Å². The standard InChI is InChI=1S/C16H20N2O2/c19-15(20)4-13-8-17-9-14(18-13)16-5-10-1-11(6-16)3-12(2-10)7-16/h8-12H,1-7H2,(H,19,20). The molecule has 4 saturated carbocycles. The lowest BCUT2D eigenvalue weighted by Crippen LogP contribution is -2.49. The van der Waals surface area contributed by atoms with Crippen molar-refractivity contribution in [3.63, 3.8) is 0 Å². The molecule has 0 spiro atoms. The van der Waals surface area contributed by atoms with Crippen LogP contribution in [0.2, 0.25) is 0 Å². The van der Waals surface area contributed by atoms with Crippen molar-refractivity contribution in [1.29, 1.82) is 0 Å². The maximum Gasteiger partial charge on any atom is 0.309 e. The van der Waals surface area contributed by atoms with Crippen molar-refractivity contribution < 1.29 is 9.90 Å². The normalized spacial score (nSPS) is 38.1. The topological polar surface area (TPSA) is 63.1 Å². The van der Waals surface area contributed by atoms with E-state index in [1.165, 1.54) is 38.5 Å². The van der Waals surface area contributed by atoms with Gasteiger partial charge in [0, 0.05) is 17.8 Å². The third kappa shape index (κ3) is 1.93. The fourth-order valence-electron chi connectivity index (χ4n) is 5.33. The van der Waals surface area contributed by atoms with Crippen LogP contribution in [-0.4, -0.2) is 21.0 Å². The van der Waals surface area contributed by atoms with Gasteiger partial charge in [0.1, 0.15) is 0 Å². The maximum absolute atomic E-state index is 10.9. The molecule has 4 aliphatic carbocycles. The molecule has 1 heterocycles. The van der Waals surface area contributed by atoms with Gasteiger partial charge in [-0.2, -0.15) is 0 Å². The van der Waals surface area contributed by atoms with Crippen LogP contribution in [0.5, 0.6) is 0 Å². The Morgan fingerprint density at radius 1 is 1.15 bits per heavy atom. The van der Waals surface area contributed by atoms with Crippen LogP contribution in [-0.2, 0) is 16.6 Å². The zero-order valence-corrected chi connectivity index (χ0v) is 11.6. The summed E-state index contributed by atoms with van der Waals surface area (Å²) in [5.74, 6) is 1.77. The fraction of sp³-hybridized carbons (Fsp3) is 0.688. The minimum atomic E-state index is -0.832. The van der Waals surface area contributed by atoms with Gasteiger partial charge in [-0.1, -0.05) is 0 Å². The summed E-state index contributed by atoms with van der Waals surface area (Å²) in [7, 11) is 0. The van der Waals surface area contributed by atoms with E-state index in [2.05, 4.69) is 9.97 Å². The van der Waals surface area contributed by atoms with E-state index in [9.17, 15) is 4.79 Å². The largest absolute Gasteiger partial charge is 0.481 e. The first-order valence-corrected chi connectivity index (χ1v) is 7.66. The molecule has 0 unspecified atom stereocenters. The van der Waals surface area contributed by atoms with Crippen molar-refractivity contribution in [3.8, 4) is 0 Å². The fourth-order valence-corrected chi connectivity index (χ4v) is 5.33. The van der Waals surface area contributed by atoms with Crippen LogP contribution in [0.15, 0.2) is 12.4 Å². The zero-order chi connectivity index (χ0) is 13.7. The van der Waals surface area contributed by atoms with Gasteiger partial charge in [-0.3, -0.25) is 14.8 Å². The molecule has 1 aromatic rings. The van der Waals surface area contributed by atoms with Gasteiger partial charge in [0.05, 0.1) is 17.8 Å². The van der Waals surface area contributed by atoms with Crippen LogP contribution in [0.1, 0.15) is 49.9 Å². The second-order valence-electron chi connectivity index (χ2n) is 7.16. The zero-order valence-electron chi connectivity index (χ0n) is 11.6. The molecule has 106 valence electrons. The SMILES string of the molecule is O=C(O)Cc1cncc(C23CC4CC(CC(C4)C2)C3)n1. The Labute approximate surface area is 118 Å². The smallest absolute Gasteiger partial charge is 0.309 e. The summed E-state index contributed by atoms with van der Waals surface area (Å²) in [4.78, 5) is 19.8. The van der Waals surface area contributed by atoms with E-state index in [-0.39, 0.29) is 11.8 Å². The third-order valence-electron chi connectivity index (χ3n) is 5.60. The summed E-state index contributed by atoms with van der Waals surface area (Å²) in [5.41, 5.74) is 1.87. The number of hydrogen-bond acceptors (Lipinski definition) is 3. The van der Waals surface area contributed by atoms with Crippen molar-refractivity contribution in [1.82, 2.24) is 9.97 Å². The Bertz CT molecular complexity index is 520. The molecule has 0 atom stereocenters. The van der Waals surface area contributed by atoms with Gasteiger partial charge in [-0.05, 0) is 56.3 Å². The van der Waals surface area contributed by atoms with Gasteiger partial charge < -0.3 is 5.11 Å². The molecule has 4 bridgehead atoms. The average molecular weight is 272 g/mol. The summed E-state index contributed by atoms with van der Waals surface area (Å²) >= 11 is 0. The predicted molar refractivity (Wildman–Crippen MR) is 73.2 cm³/mol. The number of hydrogen-bond donors (Lipinski definition) is 1. The molecule has 4 aliphatic rings. The highest BCUT2D eigenvalue weighted by Gasteiger charge is 2.52. The van der Waals surface area contributed by atoms with E-state index < -0.39 is 5.97 Å². The monoisotopic (exact) mass is 272 g/mol. The first-order valence-electron chi connectivity index (χ1n) is 7.66. The lowest BCUT2D eigenvalue weighted by molar-refractivity contribution is -0.136. The van der Waals surface area contributed by atoms with Crippen LogP contribution in [0.4, 0.5) is 0 Å². The van der Waals surface area contributed by atoms with E-state index in [1.807, 2.05) is 6.20 Å². The van der Waals surface area contributed by atoms with Gasteiger partial charge in [0.2, 0.25) is 0 Å². The Kier molecular flexibility index (Phi) is 2.63. The summed E-state index contributed by atoms with van der Waals surface area (Å²) < 4.78 is 0. The Hall–Kier alpha value is -1.45. The first-order chi connectivity index (χ1) is 9.63. The van der Waals surface area contributed by atoms with Gasteiger partial charge in [-0.15, -0.1) is 0 Å². The number of carbonyl (C=O) groups is 1. The Balaban J connectivity index is 1.68.